The van der Waals surface area contributed by atoms with Crippen LogP contribution >= 0.6 is 0 Å². The minimum absolute atomic E-state index is 0.138. The predicted octanol–water partition coefficient (Wildman–Crippen LogP) is 1.55. The van der Waals surface area contributed by atoms with E-state index in [1.54, 1.807) is 6.07 Å². The van der Waals surface area contributed by atoms with Crippen molar-refractivity contribution in [1.29, 1.82) is 0 Å². The third-order valence-corrected chi connectivity index (χ3v) is 3.06. The Morgan fingerprint density at radius 3 is 2.24 bits per heavy atom. The first-order valence-corrected chi connectivity index (χ1v) is 7.50. The van der Waals surface area contributed by atoms with Crippen molar-refractivity contribution in [2.75, 3.05) is 42.5 Å². The lowest BCUT2D eigenvalue weighted by Gasteiger charge is -2.18. The molecule has 0 atom stereocenters. The van der Waals surface area contributed by atoms with Gasteiger partial charge in [-0.15, -0.1) is 0 Å². The zero-order chi connectivity index (χ0) is 15.7. The van der Waals surface area contributed by atoms with Crippen LogP contribution in [-0.2, 0) is 4.79 Å². The highest BCUT2D eigenvalue weighted by atomic mass is 16.2. The molecule has 0 aliphatic carbocycles. The molecule has 0 aliphatic heterocycles. The van der Waals surface area contributed by atoms with Gasteiger partial charge in [-0.2, -0.15) is 9.97 Å². The Morgan fingerprint density at radius 2 is 1.71 bits per heavy atom. The lowest BCUT2D eigenvalue weighted by atomic mass is 10.3. The van der Waals surface area contributed by atoms with Gasteiger partial charge in [0, 0.05) is 38.7 Å². The molecule has 7 nitrogen and oxygen atoms in total. The van der Waals surface area contributed by atoms with Crippen LogP contribution in [0.2, 0.25) is 0 Å². The molecule has 0 aromatic carbocycles. The van der Waals surface area contributed by atoms with E-state index >= 15 is 0 Å². The minimum Gasteiger partial charge on any atom is -0.370 e. The Morgan fingerprint density at radius 1 is 1.14 bits per heavy atom. The van der Waals surface area contributed by atoms with Gasteiger partial charge < -0.3 is 21.3 Å². The Kier molecular flexibility index (Phi) is 7.28. The highest BCUT2D eigenvalue weighted by Gasteiger charge is 2.09. The standard InChI is InChI=1S/C14H26N6O/c1-4-8-16-11-10-12(19-14(15)18-11)17-9-7-13(21)20(5-2)6-3/h10H,4-9H2,1-3H3,(H4,15,16,17,18,19). The van der Waals surface area contributed by atoms with Crippen LogP contribution in [0.5, 0.6) is 0 Å². The van der Waals surface area contributed by atoms with E-state index in [4.69, 9.17) is 5.73 Å². The molecular weight excluding hydrogens is 268 g/mol. The van der Waals surface area contributed by atoms with E-state index in [1.165, 1.54) is 0 Å². The summed E-state index contributed by atoms with van der Waals surface area (Å²) in [5.41, 5.74) is 5.68. The molecule has 118 valence electrons. The summed E-state index contributed by atoms with van der Waals surface area (Å²) in [5, 5.41) is 6.28. The molecule has 1 amide bonds. The Bertz CT molecular complexity index is 447. The molecule has 1 aromatic rings. The SMILES string of the molecule is CCCNc1cc(NCCC(=O)N(CC)CC)nc(N)n1. The quantitative estimate of drug-likeness (QED) is 0.639. The number of anilines is 3. The van der Waals surface area contributed by atoms with Gasteiger partial charge in [-0.05, 0) is 20.3 Å². The van der Waals surface area contributed by atoms with Crippen molar-refractivity contribution in [2.24, 2.45) is 0 Å². The third kappa shape index (κ3) is 5.85. The van der Waals surface area contributed by atoms with E-state index in [-0.39, 0.29) is 11.9 Å². The summed E-state index contributed by atoms with van der Waals surface area (Å²) in [7, 11) is 0. The second-order valence-electron chi connectivity index (χ2n) is 4.67. The van der Waals surface area contributed by atoms with Crippen LogP contribution in [0.25, 0.3) is 0 Å². The fourth-order valence-electron chi connectivity index (χ4n) is 1.93. The lowest BCUT2D eigenvalue weighted by molar-refractivity contribution is -0.130. The molecule has 0 unspecified atom stereocenters. The fourth-order valence-corrected chi connectivity index (χ4v) is 1.93. The number of nitrogen functional groups attached to an aromatic ring is 1. The largest absolute Gasteiger partial charge is 0.370 e. The molecule has 7 heteroatoms. The summed E-state index contributed by atoms with van der Waals surface area (Å²) in [4.78, 5) is 21.9. The fraction of sp³-hybridized carbons (Fsp3) is 0.643. The normalized spacial score (nSPS) is 10.2. The molecule has 0 radical (unpaired) electrons. The first-order chi connectivity index (χ1) is 10.1. The van der Waals surface area contributed by atoms with E-state index in [1.807, 2.05) is 18.7 Å². The van der Waals surface area contributed by atoms with Gasteiger partial charge in [-0.25, -0.2) is 0 Å². The van der Waals surface area contributed by atoms with Gasteiger partial charge in [0.15, 0.2) is 0 Å². The van der Waals surface area contributed by atoms with E-state index in [9.17, 15) is 4.79 Å². The van der Waals surface area contributed by atoms with Crippen LogP contribution in [0, 0.1) is 0 Å². The van der Waals surface area contributed by atoms with Crippen LogP contribution in [0.1, 0.15) is 33.6 Å². The van der Waals surface area contributed by atoms with Crippen molar-refractivity contribution < 1.29 is 4.79 Å². The minimum atomic E-state index is 0.138. The molecule has 1 aromatic heterocycles. The zero-order valence-corrected chi connectivity index (χ0v) is 13.1. The van der Waals surface area contributed by atoms with Gasteiger partial charge in [-0.3, -0.25) is 4.79 Å². The van der Waals surface area contributed by atoms with Gasteiger partial charge >= 0.3 is 0 Å². The number of nitrogens with one attached hydrogen (secondary N) is 2. The molecule has 0 saturated heterocycles. The van der Waals surface area contributed by atoms with E-state index in [0.717, 1.165) is 26.1 Å². The molecule has 0 aliphatic rings. The third-order valence-electron chi connectivity index (χ3n) is 3.06. The Hall–Kier alpha value is -2.05. The molecule has 21 heavy (non-hydrogen) atoms. The van der Waals surface area contributed by atoms with Gasteiger partial charge in [0.05, 0.1) is 0 Å². The van der Waals surface area contributed by atoms with Crippen LogP contribution < -0.4 is 16.4 Å². The lowest BCUT2D eigenvalue weighted by Crippen LogP contribution is -2.31. The summed E-state index contributed by atoms with van der Waals surface area (Å²) in [6.07, 6.45) is 1.44. The Labute approximate surface area is 126 Å². The summed E-state index contributed by atoms with van der Waals surface area (Å²) >= 11 is 0. The van der Waals surface area contributed by atoms with Crippen LogP contribution in [0.3, 0.4) is 0 Å². The summed E-state index contributed by atoms with van der Waals surface area (Å²) in [6.45, 7) is 8.86. The maximum Gasteiger partial charge on any atom is 0.224 e. The smallest absolute Gasteiger partial charge is 0.224 e. The van der Waals surface area contributed by atoms with E-state index in [0.29, 0.717) is 24.6 Å². The van der Waals surface area contributed by atoms with Crippen molar-refractivity contribution in [1.82, 2.24) is 14.9 Å². The van der Waals surface area contributed by atoms with Crippen molar-refractivity contribution in [3.05, 3.63) is 6.07 Å². The van der Waals surface area contributed by atoms with Crippen LogP contribution in [-0.4, -0.2) is 47.0 Å². The maximum atomic E-state index is 11.9. The summed E-state index contributed by atoms with van der Waals surface area (Å²) in [5.74, 6) is 1.68. The van der Waals surface area contributed by atoms with Gasteiger partial charge in [0.25, 0.3) is 0 Å². The van der Waals surface area contributed by atoms with Crippen molar-refractivity contribution in [3.63, 3.8) is 0 Å². The number of nitrogens with two attached hydrogens (primary N) is 1. The van der Waals surface area contributed by atoms with Crippen molar-refractivity contribution >= 4 is 23.5 Å². The molecule has 0 saturated carbocycles. The highest BCUT2D eigenvalue weighted by Crippen LogP contribution is 2.12. The van der Waals surface area contributed by atoms with Gasteiger partial charge in [0.2, 0.25) is 11.9 Å². The average Bonchev–Trinajstić information content (AvgIpc) is 2.46. The number of amides is 1. The topological polar surface area (TPSA) is 96.2 Å². The number of aromatic nitrogens is 2. The number of carbonyl (C=O) groups is 1. The molecule has 0 bridgehead atoms. The first kappa shape index (κ1) is 17.0. The molecular formula is C14H26N6O. The molecule has 0 fully saturated rings. The number of hydrogen-bond donors (Lipinski definition) is 3. The zero-order valence-electron chi connectivity index (χ0n) is 13.1. The van der Waals surface area contributed by atoms with E-state index in [2.05, 4.69) is 27.5 Å². The Balaban J connectivity index is 2.51. The molecule has 4 N–H and O–H groups in total. The maximum absolute atomic E-state index is 11.9. The second kappa shape index (κ2) is 8.99. The predicted molar refractivity (Wildman–Crippen MR) is 86.3 cm³/mol. The second-order valence-corrected chi connectivity index (χ2v) is 4.67. The summed E-state index contributed by atoms with van der Waals surface area (Å²) < 4.78 is 0. The monoisotopic (exact) mass is 294 g/mol. The van der Waals surface area contributed by atoms with Crippen molar-refractivity contribution in [2.45, 2.75) is 33.6 Å². The van der Waals surface area contributed by atoms with Crippen LogP contribution in [0.4, 0.5) is 17.6 Å². The van der Waals surface area contributed by atoms with E-state index < -0.39 is 0 Å². The molecule has 1 rings (SSSR count). The van der Waals surface area contributed by atoms with Crippen LogP contribution in [0.15, 0.2) is 6.07 Å². The van der Waals surface area contributed by atoms with Gasteiger partial charge in [0.1, 0.15) is 11.6 Å². The van der Waals surface area contributed by atoms with Gasteiger partial charge in [-0.1, -0.05) is 6.92 Å². The first-order valence-electron chi connectivity index (χ1n) is 7.50. The number of hydrogen-bond acceptors (Lipinski definition) is 6. The average molecular weight is 294 g/mol. The highest BCUT2D eigenvalue weighted by molar-refractivity contribution is 5.76. The number of nitrogens with zero attached hydrogens (tertiary/aromatic N) is 3. The van der Waals surface area contributed by atoms with Crippen molar-refractivity contribution in [3.8, 4) is 0 Å². The molecule has 1 heterocycles. The molecule has 0 spiro atoms. The number of rotatable bonds is 9. The number of carbonyl (C=O) groups excluding carboxylic acids is 1. The summed E-state index contributed by atoms with van der Waals surface area (Å²) in [6, 6.07) is 1.80.